The van der Waals surface area contributed by atoms with Crippen LogP contribution in [0.4, 0.5) is 18.9 Å². The summed E-state index contributed by atoms with van der Waals surface area (Å²) in [7, 11) is 2.72. The Morgan fingerprint density at radius 2 is 1.66 bits per heavy atom. The van der Waals surface area contributed by atoms with Crippen molar-refractivity contribution in [3.8, 4) is 11.5 Å². The summed E-state index contributed by atoms with van der Waals surface area (Å²) >= 11 is 0. The fourth-order valence-corrected chi connectivity index (χ4v) is 4.43. The molecule has 0 amide bonds. The average Bonchev–Trinajstić information content (AvgIpc) is 2.92. The number of benzene rings is 2. The van der Waals surface area contributed by atoms with E-state index in [1.54, 1.807) is 7.11 Å². The van der Waals surface area contributed by atoms with E-state index in [0.717, 1.165) is 24.6 Å². The Bertz CT molecular complexity index is 1330. The lowest BCUT2D eigenvalue weighted by Gasteiger charge is -2.36. The van der Waals surface area contributed by atoms with Gasteiger partial charge in [0.05, 0.1) is 33.1 Å². The van der Waals surface area contributed by atoms with Crippen LogP contribution in [0.15, 0.2) is 51.7 Å². The van der Waals surface area contributed by atoms with E-state index in [1.165, 1.54) is 0 Å². The van der Waals surface area contributed by atoms with Crippen LogP contribution >= 0.6 is 0 Å². The van der Waals surface area contributed by atoms with E-state index in [-0.39, 0.29) is 23.6 Å². The Kier molecular flexibility index (Phi) is 8.26. The molecular weight excluding hydrogens is 505 g/mol. The zero-order valence-corrected chi connectivity index (χ0v) is 20.9. The number of carbonyl (C=O) groups is 1. The molecule has 0 saturated carbocycles. The molecule has 1 N–H and O–H groups in total. The molecule has 38 heavy (non-hydrogen) atoms. The molecule has 8 nitrogen and oxygen atoms in total. The van der Waals surface area contributed by atoms with Crippen LogP contribution < -0.4 is 15.1 Å². The largest absolute Gasteiger partial charge is 0.502 e. The van der Waals surface area contributed by atoms with Crippen LogP contribution in [-0.4, -0.2) is 56.4 Å². The van der Waals surface area contributed by atoms with Crippen molar-refractivity contribution in [2.24, 2.45) is 0 Å². The number of carbonyl (C=O) groups excluding carboxylic acids is 1. The molecule has 202 valence electrons. The molecule has 0 unspecified atom stereocenters. The second-order valence-electron chi connectivity index (χ2n) is 8.88. The van der Waals surface area contributed by atoms with E-state index in [2.05, 4.69) is 9.64 Å². The van der Waals surface area contributed by atoms with E-state index < -0.39 is 46.9 Å². The Morgan fingerprint density at radius 3 is 2.24 bits per heavy atom. The highest BCUT2D eigenvalue weighted by Crippen LogP contribution is 2.35. The molecule has 4 rings (SSSR count). The Hall–Kier alpha value is -3.99. The summed E-state index contributed by atoms with van der Waals surface area (Å²) in [6.45, 7) is 2.93. The lowest BCUT2D eigenvalue weighted by Crippen LogP contribution is -2.46. The summed E-state index contributed by atoms with van der Waals surface area (Å²) in [5.41, 5.74) is 0.0693. The molecule has 0 aliphatic carbocycles. The van der Waals surface area contributed by atoms with Crippen LogP contribution in [0.2, 0.25) is 0 Å². The molecule has 2 heterocycles. The van der Waals surface area contributed by atoms with Gasteiger partial charge in [0.15, 0.2) is 23.2 Å². The first-order chi connectivity index (χ1) is 18.2. The molecule has 0 radical (unpaired) electrons. The van der Waals surface area contributed by atoms with E-state index in [4.69, 9.17) is 9.15 Å². The van der Waals surface area contributed by atoms with Gasteiger partial charge < -0.3 is 23.9 Å². The van der Waals surface area contributed by atoms with Crippen LogP contribution in [-0.2, 0) is 16.1 Å². The number of ether oxygens (including phenoxy) is 2. The van der Waals surface area contributed by atoms with Crippen molar-refractivity contribution in [3.63, 3.8) is 0 Å². The molecule has 1 fully saturated rings. The minimum Gasteiger partial charge on any atom is -0.502 e. The van der Waals surface area contributed by atoms with Gasteiger partial charge >= 0.3 is 5.97 Å². The maximum absolute atomic E-state index is 14.0. The minimum absolute atomic E-state index is 0.193. The maximum atomic E-state index is 14.0. The second-order valence-corrected chi connectivity index (χ2v) is 8.88. The van der Waals surface area contributed by atoms with Crippen LogP contribution in [0.5, 0.6) is 11.5 Å². The van der Waals surface area contributed by atoms with Crippen molar-refractivity contribution in [1.82, 2.24) is 4.90 Å². The summed E-state index contributed by atoms with van der Waals surface area (Å²) in [5, 5.41) is 10.5. The predicted molar refractivity (Wildman–Crippen MR) is 132 cm³/mol. The van der Waals surface area contributed by atoms with Gasteiger partial charge in [0.2, 0.25) is 11.2 Å². The number of piperazine rings is 1. The fraction of sp³-hybridized carbons (Fsp3) is 0.333. The van der Waals surface area contributed by atoms with Crippen molar-refractivity contribution >= 4 is 11.7 Å². The summed E-state index contributed by atoms with van der Waals surface area (Å²) in [6, 6.07) is 10.2. The van der Waals surface area contributed by atoms with E-state index in [0.29, 0.717) is 38.3 Å². The van der Waals surface area contributed by atoms with Gasteiger partial charge in [-0.1, -0.05) is 0 Å². The Balaban J connectivity index is 1.56. The molecule has 1 aliphatic heterocycles. The zero-order chi connectivity index (χ0) is 27.4. The number of rotatable bonds is 8. The number of esters is 1. The Morgan fingerprint density at radius 1 is 1.03 bits per heavy atom. The van der Waals surface area contributed by atoms with Gasteiger partial charge in [-0.2, -0.15) is 0 Å². The number of nitrogens with zero attached hydrogens (tertiary/aromatic N) is 2. The first-order valence-electron chi connectivity index (χ1n) is 11.9. The monoisotopic (exact) mass is 532 g/mol. The predicted octanol–water partition coefficient (Wildman–Crippen LogP) is 3.79. The number of halogens is 3. The molecule has 3 aromatic rings. The first kappa shape index (κ1) is 27.1. The molecular formula is C27H27F3N2O6. The van der Waals surface area contributed by atoms with Crippen molar-refractivity contribution in [2.45, 2.75) is 18.9 Å². The quantitative estimate of drug-likeness (QED) is 0.346. The lowest BCUT2D eigenvalue weighted by molar-refractivity contribution is -0.140. The van der Waals surface area contributed by atoms with Gasteiger partial charge in [-0.15, -0.1) is 0 Å². The number of methoxy groups -OCH3 is 2. The maximum Gasteiger partial charge on any atom is 0.306 e. The molecule has 11 heteroatoms. The van der Waals surface area contributed by atoms with E-state index in [1.807, 2.05) is 29.2 Å². The fourth-order valence-electron chi connectivity index (χ4n) is 4.43. The standard InChI is InChI=1S/C27H27F3N2O6/c1-36-18-5-3-17(4-6-18)32-9-7-31(8-10-32)15-19-13-23(33)26(35)27(38-19)20(14-24(34)37-2)16-11-21(28)25(30)22(29)12-16/h3-6,11-13,20,35H,7-10,14-15H2,1-2H3/t20-/m1/s1. The third-order valence-electron chi connectivity index (χ3n) is 6.51. The van der Waals surface area contributed by atoms with Crippen LogP contribution in [0, 0.1) is 17.5 Å². The van der Waals surface area contributed by atoms with Crippen molar-refractivity contribution in [1.29, 1.82) is 0 Å². The minimum atomic E-state index is -1.68. The molecule has 1 aromatic heterocycles. The van der Waals surface area contributed by atoms with Gasteiger partial charge in [0.25, 0.3) is 0 Å². The molecule has 1 atom stereocenters. The SMILES string of the molecule is COC(=O)C[C@H](c1cc(F)c(F)c(F)c1)c1oc(CN2CCN(c3ccc(OC)cc3)CC2)cc(=O)c1O. The highest BCUT2D eigenvalue weighted by molar-refractivity contribution is 5.71. The smallest absolute Gasteiger partial charge is 0.306 e. The third-order valence-corrected chi connectivity index (χ3v) is 6.51. The van der Waals surface area contributed by atoms with Gasteiger partial charge in [-0.05, 0) is 42.0 Å². The van der Waals surface area contributed by atoms with Gasteiger partial charge in [0.1, 0.15) is 11.5 Å². The van der Waals surface area contributed by atoms with Crippen molar-refractivity contribution < 1.29 is 37.0 Å². The number of hydrogen-bond donors (Lipinski definition) is 1. The van der Waals surface area contributed by atoms with E-state index >= 15 is 0 Å². The first-order valence-corrected chi connectivity index (χ1v) is 11.9. The molecule has 0 bridgehead atoms. The summed E-state index contributed by atoms with van der Waals surface area (Å²) in [6.07, 6.45) is -0.512. The zero-order valence-electron chi connectivity index (χ0n) is 20.9. The number of aromatic hydroxyl groups is 1. The van der Waals surface area contributed by atoms with Crippen molar-refractivity contribution in [2.75, 3.05) is 45.3 Å². The normalized spacial score (nSPS) is 14.8. The highest BCUT2D eigenvalue weighted by atomic mass is 19.2. The highest BCUT2D eigenvalue weighted by Gasteiger charge is 2.29. The molecule has 1 saturated heterocycles. The number of anilines is 1. The third kappa shape index (κ3) is 5.94. The van der Waals surface area contributed by atoms with E-state index in [9.17, 15) is 27.9 Å². The average molecular weight is 533 g/mol. The van der Waals surface area contributed by atoms with Gasteiger partial charge in [-0.3, -0.25) is 14.5 Å². The lowest BCUT2D eigenvalue weighted by atomic mass is 9.92. The summed E-state index contributed by atoms with van der Waals surface area (Å²) in [4.78, 5) is 28.9. The van der Waals surface area contributed by atoms with Crippen LogP contribution in [0.1, 0.15) is 29.4 Å². The van der Waals surface area contributed by atoms with Crippen LogP contribution in [0.3, 0.4) is 0 Å². The Labute approximate surface area is 216 Å². The van der Waals surface area contributed by atoms with Gasteiger partial charge in [0, 0.05) is 37.9 Å². The van der Waals surface area contributed by atoms with Crippen LogP contribution in [0.25, 0.3) is 0 Å². The number of hydrogen-bond acceptors (Lipinski definition) is 8. The summed E-state index contributed by atoms with van der Waals surface area (Å²) < 4.78 is 57.2. The topological polar surface area (TPSA) is 92.5 Å². The van der Waals surface area contributed by atoms with Gasteiger partial charge in [-0.25, -0.2) is 13.2 Å². The molecule has 1 aliphatic rings. The molecule has 2 aromatic carbocycles. The second kappa shape index (κ2) is 11.6. The van der Waals surface area contributed by atoms with Crippen molar-refractivity contribution in [3.05, 3.63) is 87.2 Å². The summed E-state index contributed by atoms with van der Waals surface area (Å²) in [5.74, 6) is -6.95. The molecule has 0 spiro atoms.